The Balaban J connectivity index is 1.89. The number of carbonyl (C=O) groups excluding carboxylic acids is 1. The number of hydrogen-bond donors (Lipinski definition) is 1. The number of nitrogens with one attached hydrogen (secondary N) is 1. The highest BCUT2D eigenvalue weighted by molar-refractivity contribution is 5.75. The van der Waals surface area contributed by atoms with Gasteiger partial charge in [-0.3, -0.25) is 0 Å². The molecule has 0 aromatic heterocycles. The van der Waals surface area contributed by atoms with Crippen LogP contribution in [0.4, 0.5) is 4.79 Å². The second-order valence-corrected chi connectivity index (χ2v) is 5.82. The van der Waals surface area contributed by atoms with Crippen molar-refractivity contribution in [1.82, 2.24) is 10.2 Å². The highest BCUT2D eigenvalue weighted by atomic mass is 16.2. The standard InChI is InChI=1S/C18H26N2O/c1-3-20(14-16-9-5-4-6-10-16)18(21)19-13-15(2)17-11-7-8-12-17/h4-6,9-10,13,17H,3,7-8,11-12,14H2,1-2H3,(H,19,21)/b15-13+. The summed E-state index contributed by atoms with van der Waals surface area (Å²) in [6, 6.07) is 10.1. The summed E-state index contributed by atoms with van der Waals surface area (Å²) in [5, 5.41) is 2.96. The number of benzene rings is 1. The Morgan fingerprint density at radius 3 is 2.57 bits per heavy atom. The molecular formula is C18H26N2O. The first kappa shape index (κ1) is 15.6. The third-order valence-electron chi connectivity index (χ3n) is 4.31. The van der Waals surface area contributed by atoms with E-state index in [0.717, 1.165) is 5.56 Å². The number of hydrogen-bond acceptors (Lipinski definition) is 1. The Hall–Kier alpha value is -1.77. The zero-order valence-corrected chi connectivity index (χ0v) is 13.1. The first-order chi connectivity index (χ1) is 10.2. The van der Waals surface area contributed by atoms with E-state index in [0.29, 0.717) is 19.0 Å². The average molecular weight is 286 g/mol. The predicted octanol–water partition coefficient (Wildman–Crippen LogP) is 4.31. The van der Waals surface area contributed by atoms with Crippen LogP contribution in [0.15, 0.2) is 42.1 Å². The molecule has 1 aliphatic carbocycles. The fourth-order valence-electron chi connectivity index (χ4n) is 2.90. The molecule has 2 rings (SSSR count). The molecule has 1 fully saturated rings. The topological polar surface area (TPSA) is 32.3 Å². The van der Waals surface area contributed by atoms with E-state index >= 15 is 0 Å². The molecule has 1 aromatic carbocycles. The summed E-state index contributed by atoms with van der Waals surface area (Å²) in [7, 11) is 0. The van der Waals surface area contributed by atoms with E-state index in [1.54, 1.807) is 0 Å². The lowest BCUT2D eigenvalue weighted by Gasteiger charge is -2.21. The van der Waals surface area contributed by atoms with Gasteiger partial charge in [0.25, 0.3) is 0 Å². The normalized spacial score (nSPS) is 16.0. The van der Waals surface area contributed by atoms with E-state index in [9.17, 15) is 4.79 Å². The third-order valence-corrected chi connectivity index (χ3v) is 4.31. The van der Waals surface area contributed by atoms with Gasteiger partial charge >= 0.3 is 6.03 Å². The first-order valence-corrected chi connectivity index (χ1v) is 7.96. The smallest absolute Gasteiger partial charge is 0.321 e. The molecular weight excluding hydrogens is 260 g/mol. The number of carbonyl (C=O) groups is 1. The Kier molecular flexibility index (Phi) is 5.85. The summed E-state index contributed by atoms with van der Waals surface area (Å²) in [5.74, 6) is 0.662. The Morgan fingerprint density at radius 2 is 1.95 bits per heavy atom. The Bertz CT molecular complexity index is 475. The van der Waals surface area contributed by atoms with E-state index in [4.69, 9.17) is 0 Å². The minimum atomic E-state index is -0.0151. The van der Waals surface area contributed by atoms with Gasteiger partial charge in [-0.25, -0.2) is 4.79 Å². The van der Waals surface area contributed by atoms with Crippen LogP contribution >= 0.6 is 0 Å². The van der Waals surface area contributed by atoms with E-state index in [2.05, 4.69) is 24.4 Å². The van der Waals surface area contributed by atoms with Gasteiger partial charge in [0.2, 0.25) is 0 Å². The number of allylic oxidation sites excluding steroid dienone is 1. The molecule has 1 aliphatic rings. The van der Waals surface area contributed by atoms with Gasteiger partial charge in [-0.05, 0) is 38.2 Å². The molecule has 114 valence electrons. The van der Waals surface area contributed by atoms with Gasteiger partial charge < -0.3 is 10.2 Å². The van der Waals surface area contributed by atoms with Crippen molar-refractivity contribution in [1.29, 1.82) is 0 Å². The van der Waals surface area contributed by atoms with Crippen molar-refractivity contribution in [2.24, 2.45) is 5.92 Å². The lowest BCUT2D eigenvalue weighted by Crippen LogP contribution is -2.37. The second-order valence-electron chi connectivity index (χ2n) is 5.82. The van der Waals surface area contributed by atoms with Crippen LogP contribution in [0.2, 0.25) is 0 Å². The molecule has 2 amide bonds. The van der Waals surface area contributed by atoms with Gasteiger partial charge in [0, 0.05) is 19.3 Å². The fraction of sp³-hybridized carbons (Fsp3) is 0.500. The van der Waals surface area contributed by atoms with E-state index in [1.165, 1.54) is 31.3 Å². The maximum absolute atomic E-state index is 12.3. The average Bonchev–Trinajstić information content (AvgIpc) is 3.05. The third kappa shape index (κ3) is 4.62. The van der Waals surface area contributed by atoms with Crippen LogP contribution in [-0.2, 0) is 6.54 Å². The van der Waals surface area contributed by atoms with E-state index in [1.807, 2.05) is 36.2 Å². The molecule has 3 heteroatoms. The summed E-state index contributed by atoms with van der Waals surface area (Å²) in [5.41, 5.74) is 2.46. The molecule has 1 N–H and O–H groups in total. The summed E-state index contributed by atoms with van der Waals surface area (Å²) < 4.78 is 0. The van der Waals surface area contributed by atoms with Gasteiger partial charge in [-0.15, -0.1) is 0 Å². The molecule has 0 spiro atoms. The van der Waals surface area contributed by atoms with Gasteiger partial charge in [0.05, 0.1) is 0 Å². The molecule has 0 aliphatic heterocycles. The van der Waals surface area contributed by atoms with Gasteiger partial charge in [0.15, 0.2) is 0 Å². The van der Waals surface area contributed by atoms with Gasteiger partial charge in [0.1, 0.15) is 0 Å². The van der Waals surface area contributed by atoms with Crippen LogP contribution in [0, 0.1) is 5.92 Å². The summed E-state index contributed by atoms with van der Waals surface area (Å²) in [4.78, 5) is 14.1. The monoisotopic (exact) mass is 286 g/mol. The van der Waals surface area contributed by atoms with Gasteiger partial charge in [-0.2, -0.15) is 0 Å². The molecule has 21 heavy (non-hydrogen) atoms. The molecule has 0 bridgehead atoms. The number of urea groups is 1. The van der Waals surface area contributed by atoms with Crippen molar-refractivity contribution in [2.75, 3.05) is 6.54 Å². The molecule has 0 saturated heterocycles. The van der Waals surface area contributed by atoms with Crippen LogP contribution in [0.25, 0.3) is 0 Å². The number of rotatable bonds is 5. The lowest BCUT2D eigenvalue weighted by atomic mass is 10.0. The summed E-state index contributed by atoms with van der Waals surface area (Å²) in [6.07, 6.45) is 7.07. The first-order valence-electron chi connectivity index (χ1n) is 7.96. The van der Waals surface area contributed by atoms with Crippen molar-refractivity contribution in [2.45, 2.75) is 46.1 Å². The SMILES string of the molecule is CCN(Cc1ccccc1)C(=O)N/C=C(\C)C1CCCC1. The van der Waals surface area contributed by atoms with Crippen molar-refractivity contribution >= 4 is 6.03 Å². The molecule has 0 heterocycles. The molecule has 0 unspecified atom stereocenters. The minimum Gasteiger partial charge on any atom is -0.321 e. The van der Waals surface area contributed by atoms with Gasteiger partial charge in [-0.1, -0.05) is 48.7 Å². The lowest BCUT2D eigenvalue weighted by molar-refractivity contribution is 0.202. The summed E-state index contributed by atoms with van der Waals surface area (Å²) >= 11 is 0. The van der Waals surface area contributed by atoms with Crippen LogP contribution < -0.4 is 5.32 Å². The Morgan fingerprint density at radius 1 is 1.29 bits per heavy atom. The highest BCUT2D eigenvalue weighted by Gasteiger charge is 2.17. The molecule has 0 atom stereocenters. The van der Waals surface area contributed by atoms with Crippen molar-refractivity contribution in [3.63, 3.8) is 0 Å². The molecule has 1 saturated carbocycles. The van der Waals surface area contributed by atoms with E-state index < -0.39 is 0 Å². The quantitative estimate of drug-likeness (QED) is 0.859. The molecule has 0 radical (unpaired) electrons. The second kappa shape index (κ2) is 7.87. The van der Waals surface area contributed by atoms with Crippen molar-refractivity contribution in [3.05, 3.63) is 47.7 Å². The molecule has 3 nitrogen and oxygen atoms in total. The fourth-order valence-corrected chi connectivity index (χ4v) is 2.90. The maximum atomic E-state index is 12.3. The number of amides is 2. The minimum absolute atomic E-state index is 0.0151. The number of nitrogens with zero attached hydrogens (tertiary/aromatic N) is 1. The predicted molar refractivity (Wildman–Crippen MR) is 86.8 cm³/mol. The highest BCUT2D eigenvalue weighted by Crippen LogP contribution is 2.30. The van der Waals surface area contributed by atoms with Crippen molar-refractivity contribution in [3.8, 4) is 0 Å². The van der Waals surface area contributed by atoms with Crippen LogP contribution in [-0.4, -0.2) is 17.5 Å². The van der Waals surface area contributed by atoms with Crippen LogP contribution in [0.5, 0.6) is 0 Å². The summed E-state index contributed by atoms with van der Waals surface area (Å²) in [6.45, 7) is 5.50. The Labute approximate surface area is 128 Å². The molecule has 1 aromatic rings. The maximum Gasteiger partial charge on any atom is 0.321 e. The van der Waals surface area contributed by atoms with Crippen LogP contribution in [0.1, 0.15) is 45.1 Å². The van der Waals surface area contributed by atoms with Crippen molar-refractivity contribution < 1.29 is 4.79 Å². The zero-order valence-electron chi connectivity index (χ0n) is 13.1. The van der Waals surface area contributed by atoms with E-state index in [-0.39, 0.29) is 6.03 Å². The largest absolute Gasteiger partial charge is 0.321 e. The zero-order chi connectivity index (χ0) is 15.1. The van der Waals surface area contributed by atoms with Crippen LogP contribution in [0.3, 0.4) is 0 Å².